The van der Waals surface area contributed by atoms with Gasteiger partial charge in [-0.25, -0.2) is 0 Å². The lowest BCUT2D eigenvalue weighted by molar-refractivity contribution is 0.0955. The lowest BCUT2D eigenvalue weighted by atomic mass is 10.2. The highest BCUT2D eigenvalue weighted by Crippen LogP contribution is 2.31. The maximum Gasteiger partial charge on any atom is 0.252 e. The molecule has 1 aromatic carbocycles. The molecule has 30 heavy (non-hydrogen) atoms. The quantitative estimate of drug-likeness (QED) is 0.633. The van der Waals surface area contributed by atoms with Crippen LogP contribution in [0.5, 0.6) is 0 Å². The maximum atomic E-state index is 12.1. The van der Waals surface area contributed by atoms with Crippen LogP contribution >= 0.6 is 11.3 Å². The highest BCUT2D eigenvalue weighted by molar-refractivity contribution is 7.17. The Morgan fingerprint density at radius 3 is 2.70 bits per heavy atom. The predicted octanol–water partition coefficient (Wildman–Crippen LogP) is 3.03. The van der Waals surface area contributed by atoms with E-state index in [-0.39, 0.29) is 11.5 Å². The monoisotopic (exact) mass is 424 g/mol. The van der Waals surface area contributed by atoms with Crippen LogP contribution in [0, 0.1) is 0 Å². The van der Waals surface area contributed by atoms with Gasteiger partial charge in [0.25, 0.3) is 11.5 Å². The summed E-state index contributed by atoms with van der Waals surface area (Å²) in [5.74, 6) is -0.136. The molecule has 0 atom stereocenters. The molecule has 7 heteroatoms. The standard InChI is InChI=1S/C23H28N4O2S/c1-2-24-23(29)18-7-8-22(28)27(17-18)11-4-10-25-12-14-26(15-13-25)20-5-3-6-21-19(20)9-16-30-21/h3,5-9,16-17H,2,4,10-15H2,1H3,(H,24,29). The van der Waals surface area contributed by atoms with Crippen LogP contribution in [0.15, 0.2) is 52.8 Å². The zero-order valence-electron chi connectivity index (χ0n) is 17.3. The highest BCUT2D eigenvalue weighted by Gasteiger charge is 2.18. The Bertz CT molecular complexity index is 1070. The summed E-state index contributed by atoms with van der Waals surface area (Å²) in [7, 11) is 0. The molecule has 1 aliphatic heterocycles. The first kappa shape index (κ1) is 20.6. The first-order chi connectivity index (χ1) is 14.7. The molecule has 2 aromatic heterocycles. The van der Waals surface area contributed by atoms with Gasteiger partial charge >= 0.3 is 0 Å². The minimum atomic E-state index is -0.136. The average molecular weight is 425 g/mol. The lowest BCUT2D eigenvalue weighted by Gasteiger charge is -2.36. The number of carbonyl (C=O) groups excluding carboxylic acids is 1. The van der Waals surface area contributed by atoms with E-state index < -0.39 is 0 Å². The summed E-state index contributed by atoms with van der Waals surface area (Å²) in [5.41, 5.74) is 1.81. The molecule has 1 aliphatic rings. The van der Waals surface area contributed by atoms with E-state index in [1.165, 1.54) is 21.8 Å². The van der Waals surface area contributed by atoms with Gasteiger partial charge in [-0.1, -0.05) is 6.07 Å². The molecular weight excluding hydrogens is 396 g/mol. The zero-order chi connectivity index (χ0) is 20.9. The van der Waals surface area contributed by atoms with Crippen LogP contribution in [0.25, 0.3) is 10.1 Å². The topological polar surface area (TPSA) is 57.6 Å². The number of amides is 1. The second kappa shape index (κ2) is 9.45. The van der Waals surface area contributed by atoms with Gasteiger partial charge < -0.3 is 14.8 Å². The van der Waals surface area contributed by atoms with Gasteiger partial charge in [-0.15, -0.1) is 11.3 Å². The molecule has 0 saturated carbocycles. The van der Waals surface area contributed by atoms with Crippen molar-refractivity contribution in [2.75, 3.05) is 44.2 Å². The molecule has 0 bridgehead atoms. The van der Waals surface area contributed by atoms with Crippen molar-refractivity contribution >= 4 is 33.0 Å². The van der Waals surface area contributed by atoms with Crippen molar-refractivity contribution in [1.82, 2.24) is 14.8 Å². The van der Waals surface area contributed by atoms with Gasteiger partial charge in [0.1, 0.15) is 0 Å². The number of pyridine rings is 1. The number of rotatable bonds is 7. The van der Waals surface area contributed by atoms with E-state index in [0.29, 0.717) is 18.7 Å². The molecule has 0 unspecified atom stereocenters. The van der Waals surface area contributed by atoms with Crippen LogP contribution in [0.2, 0.25) is 0 Å². The summed E-state index contributed by atoms with van der Waals surface area (Å²) in [6, 6.07) is 11.8. The van der Waals surface area contributed by atoms with E-state index in [4.69, 9.17) is 0 Å². The van der Waals surface area contributed by atoms with Crippen molar-refractivity contribution in [2.24, 2.45) is 0 Å². The Hall–Kier alpha value is -2.64. The number of carbonyl (C=O) groups is 1. The van der Waals surface area contributed by atoms with Crippen LogP contribution in [0.1, 0.15) is 23.7 Å². The second-order valence-electron chi connectivity index (χ2n) is 7.60. The van der Waals surface area contributed by atoms with E-state index in [1.54, 1.807) is 28.2 Å². The molecule has 3 aromatic rings. The van der Waals surface area contributed by atoms with Gasteiger partial charge in [-0.05, 0) is 49.5 Å². The number of fused-ring (bicyclic) bond motifs is 1. The SMILES string of the molecule is CCNC(=O)c1ccc(=O)n(CCCN2CCN(c3cccc4sccc34)CC2)c1. The smallest absolute Gasteiger partial charge is 0.252 e. The average Bonchev–Trinajstić information content (AvgIpc) is 3.25. The molecule has 3 heterocycles. The van der Waals surface area contributed by atoms with Gasteiger partial charge in [-0.3, -0.25) is 14.5 Å². The molecule has 0 spiro atoms. The van der Waals surface area contributed by atoms with Crippen LogP contribution in [0.3, 0.4) is 0 Å². The first-order valence-electron chi connectivity index (χ1n) is 10.6. The number of hydrogen-bond acceptors (Lipinski definition) is 5. The largest absolute Gasteiger partial charge is 0.368 e. The van der Waals surface area contributed by atoms with Gasteiger partial charge in [0.05, 0.1) is 5.56 Å². The number of nitrogens with zero attached hydrogens (tertiary/aromatic N) is 3. The summed E-state index contributed by atoms with van der Waals surface area (Å²) in [4.78, 5) is 29.1. The number of thiophene rings is 1. The Balaban J connectivity index is 1.29. The number of aryl methyl sites for hydroxylation is 1. The lowest BCUT2D eigenvalue weighted by Crippen LogP contribution is -2.46. The van der Waals surface area contributed by atoms with Gasteiger partial charge in [0.2, 0.25) is 0 Å². The number of hydrogen-bond donors (Lipinski definition) is 1. The molecular formula is C23H28N4O2S. The summed E-state index contributed by atoms with van der Waals surface area (Å²) < 4.78 is 2.99. The van der Waals surface area contributed by atoms with Gasteiger partial charge in [0.15, 0.2) is 0 Å². The van der Waals surface area contributed by atoms with Crippen molar-refractivity contribution < 1.29 is 4.79 Å². The molecule has 158 valence electrons. The zero-order valence-corrected chi connectivity index (χ0v) is 18.2. The number of anilines is 1. The summed E-state index contributed by atoms with van der Waals surface area (Å²) in [5, 5.41) is 6.29. The van der Waals surface area contributed by atoms with E-state index in [0.717, 1.165) is 39.1 Å². The van der Waals surface area contributed by atoms with Crippen molar-refractivity contribution in [1.29, 1.82) is 0 Å². The Kier molecular flexibility index (Phi) is 6.50. The van der Waals surface area contributed by atoms with Crippen molar-refractivity contribution in [3.8, 4) is 0 Å². The molecule has 4 rings (SSSR count). The van der Waals surface area contributed by atoms with Crippen molar-refractivity contribution in [3.63, 3.8) is 0 Å². The third-order valence-corrected chi connectivity index (χ3v) is 6.52. The highest BCUT2D eigenvalue weighted by atomic mass is 32.1. The minimum absolute atomic E-state index is 0.0586. The molecule has 1 N–H and O–H groups in total. The van der Waals surface area contributed by atoms with Crippen molar-refractivity contribution in [2.45, 2.75) is 19.9 Å². The molecule has 0 radical (unpaired) electrons. The van der Waals surface area contributed by atoms with Gasteiger partial charge in [0, 0.05) is 67.3 Å². The Morgan fingerprint density at radius 1 is 1.07 bits per heavy atom. The Labute approximate surface area is 180 Å². The maximum absolute atomic E-state index is 12.1. The fourth-order valence-corrected chi connectivity index (χ4v) is 4.84. The Morgan fingerprint density at radius 2 is 1.90 bits per heavy atom. The number of piperazine rings is 1. The molecule has 1 fully saturated rings. The fraction of sp³-hybridized carbons (Fsp3) is 0.391. The first-order valence-corrected chi connectivity index (χ1v) is 11.5. The minimum Gasteiger partial charge on any atom is -0.368 e. The van der Waals surface area contributed by atoms with Crippen LogP contribution < -0.4 is 15.8 Å². The van der Waals surface area contributed by atoms with Gasteiger partial charge in [-0.2, -0.15) is 0 Å². The molecule has 1 amide bonds. The van der Waals surface area contributed by atoms with Crippen LogP contribution in [-0.4, -0.2) is 54.6 Å². The summed E-state index contributed by atoms with van der Waals surface area (Å²) >= 11 is 1.79. The number of aromatic nitrogens is 1. The van der Waals surface area contributed by atoms with E-state index in [2.05, 4.69) is 44.8 Å². The van der Waals surface area contributed by atoms with Crippen LogP contribution in [0.4, 0.5) is 5.69 Å². The second-order valence-corrected chi connectivity index (χ2v) is 8.55. The van der Waals surface area contributed by atoms with E-state index in [1.807, 2.05) is 6.92 Å². The number of benzene rings is 1. The normalized spacial score (nSPS) is 14.9. The predicted molar refractivity (Wildman–Crippen MR) is 124 cm³/mol. The van der Waals surface area contributed by atoms with Crippen LogP contribution in [-0.2, 0) is 6.54 Å². The third kappa shape index (κ3) is 4.57. The van der Waals surface area contributed by atoms with Crippen molar-refractivity contribution in [3.05, 3.63) is 63.9 Å². The summed E-state index contributed by atoms with van der Waals surface area (Å²) in [6.45, 7) is 8.11. The molecule has 0 aliphatic carbocycles. The van der Waals surface area contributed by atoms with E-state index >= 15 is 0 Å². The molecule has 6 nitrogen and oxygen atoms in total. The third-order valence-electron chi connectivity index (χ3n) is 5.64. The summed E-state index contributed by atoms with van der Waals surface area (Å²) in [6.07, 6.45) is 2.56. The van der Waals surface area contributed by atoms with E-state index in [9.17, 15) is 9.59 Å². The fourth-order valence-electron chi connectivity index (χ4n) is 4.03. The number of nitrogens with one attached hydrogen (secondary N) is 1. The molecule has 1 saturated heterocycles.